The van der Waals surface area contributed by atoms with Crippen molar-refractivity contribution in [3.05, 3.63) is 52.8 Å². The monoisotopic (exact) mass is 427 g/mol. The van der Waals surface area contributed by atoms with Gasteiger partial charge in [-0.25, -0.2) is 0 Å². The van der Waals surface area contributed by atoms with Gasteiger partial charge in [-0.2, -0.15) is 4.99 Å². The van der Waals surface area contributed by atoms with E-state index >= 15 is 0 Å². The summed E-state index contributed by atoms with van der Waals surface area (Å²) in [5, 5.41) is 2.72. The van der Waals surface area contributed by atoms with Crippen LogP contribution < -0.4 is 14.9 Å². The highest BCUT2D eigenvalue weighted by molar-refractivity contribution is 7.16. The molecule has 0 atom stereocenters. The Kier molecular flexibility index (Phi) is 6.63. The first-order valence-electron chi connectivity index (χ1n) is 9.21. The Bertz CT molecular complexity index is 1180. The molecule has 2 aromatic carbocycles. The van der Waals surface area contributed by atoms with Crippen molar-refractivity contribution in [3.8, 4) is 5.75 Å². The lowest BCUT2D eigenvalue weighted by atomic mass is 10.2. The molecular weight excluding hydrogens is 406 g/mol. The van der Waals surface area contributed by atoms with Crippen molar-refractivity contribution in [3.63, 3.8) is 0 Å². The van der Waals surface area contributed by atoms with E-state index in [9.17, 15) is 14.4 Å². The number of fused-ring (bicyclic) bond motifs is 1. The molecule has 0 aliphatic heterocycles. The summed E-state index contributed by atoms with van der Waals surface area (Å²) in [6.45, 7) is 3.32. The van der Waals surface area contributed by atoms with Crippen LogP contribution in [0.1, 0.15) is 24.2 Å². The van der Waals surface area contributed by atoms with Gasteiger partial charge in [-0.1, -0.05) is 17.4 Å². The number of methoxy groups -OCH3 is 1. The predicted molar refractivity (Wildman–Crippen MR) is 114 cm³/mol. The van der Waals surface area contributed by atoms with Crippen molar-refractivity contribution in [1.82, 2.24) is 4.57 Å². The molecule has 156 valence electrons. The van der Waals surface area contributed by atoms with Gasteiger partial charge in [0.25, 0.3) is 5.91 Å². The number of hydrogen-bond donors (Lipinski definition) is 1. The molecule has 9 heteroatoms. The number of aromatic nitrogens is 1. The number of anilines is 1. The van der Waals surface area contributed by atoms with Crippen LogP contribution in [0.15, 0.2) is 47.5 Å². The van der Waals surface area contributed by atoms with Crippen molar-refractivity contribution >= 4 is 45.0 Å². The standard InChI is InChI=1S/C21H21N3O5S/c1-4-29-19(26)12-24-17-9-8-15(22-13(2)25)11-18(17)30-21(24)23-20(27)14-6-5-7-16(10-14)28-3/h5-11H,4,12H2,1-3H3,(H,22,25). The third kappa shape index (κ3) is 4.93. The van der Waals surface area contributed by atoms with Gasteiger partial charge in [0.1, 0.15) is 12.3 Å². The number of carbonyl (C=O) groups excluding carboxylic acids is 3. The molecule has 0 bridgehead atoms. The van der Waals surface area contributed by atoms with Crippen LogP contribution in [0.5, 0.6) is 5.75 Å². The van der Waals surface area contributed by atoms with E-state index < -0.39 is 11.9 Å². The highest BCUT2D eigenvalue weighted by Crippen LogP contribution is 2.22. The Labute approximate surface area is 176 Å². The maximum absolute atomic E-state index is 12.7. The maximum Gasteiger partial charge on any atom is 0.326 e. The molecule has 0 unspecified atom stereocenters. The molecular formula is C21H21N3O5S. The second-order valence-electron chi connectivity index (χ2n) is 6.29. The summed E-state index contributed by atoms with van der Waals surface area (Å²) in [5.74, 6) is -0.534. The molecule has 0 aliphatic carbocycles. The van der Waals surface area contributed by atoms with Crippen molar-refractivity contribution in [2.45, 2.75) is 20.4 Å². The summed E-state index contributed by atoms with van der Waals surface area (Å²) in [7, 11) is 1.52. The molecule has 3 rings (SSSR count). The lowest BCUT2D eigenvalue weighted by molar-refractivity contribution is -0.143. The first kappa shape index (κ1) is 21.3. The fourth-order valence-corrected chi connectivity index (χ4v) is 3.90. The van der Waals surface area contributed by atoms with Crippen molar-refractivity contribution in [1.29, 1.82) is 0 Å². The number of esters is 1. The molecule has 0 aliphatic rings. The minimum absolute atomic E-state index is 0.0858. The molecule has 2 amide bonds. The SMILES string of the molecule is CCOC(=O)Cn1c(=NC(=O)c2cccc(OC)c2)sc2cc(NC(C)=O)ccc21. The molecule has 30 heavy (non-hydrogen) atoms. The number of carbonyl (C=O) groups is 3. The summed E-state index contributed by atoms with van der Waals surface area (Å²) in [6, 6.07) is 12.0. The highest BCUT2D eigenvalue weighted by Gasteiger charge is 2.14. The lowest BCUT2D eigenvalue weighted by Gasteiger charge is -2.06. The topological polar surface area (TPSA) is 99.0 Å². The smallest absolute Gasteiger partial charge is 0.326 e. The summed E-state index contributed by atoms with van der Waals surface area (Å²) in [6.07, 6.45) is 0. The second kappa shape index (κ2) is 9.36. The number of nitrogens with one attached hydrogen (secondary N) is 1. The van der Waals surface area contributed by atoms with Crippen molar-refractivity contribution in [2.75, 3.05) is 19.0 Å². The zero-order valence-corrected chi connectivity index (χ0v) is 17.6. The molecule has 1 aromatic heterocycles. The van der Waals surface area contributed by atoms with Crippen LogP contribution >= 0.6 is 11.3 Å². The van der Waals surface area contributed by atoms with Gasteiger partial charge >= 0.3 is 5.97 Å². The van der Waals surface area contributed by atoms with Gasteiger partial charge in [0, 0.05) is 18.2 Å². The van der Waals surface area contributed by atoms with Crippen molar-refractivity contribution in [2.24, 2.45) is 4.99 Å². The zero-order chi connectivity index (χ0) is 21.7. The number of hydrogen-bond acceptors (Lipinski definition) is 6. The number of ether oxygens (including phenoxy) is 2. The van der Waals surface area contributed by atoms with Gasteiger partial charge in [0.05, 0.1) is 23.9 Å². The fourth-order valence-electron chi connectivity index (χ4n) is 2.84. The van der Waals surface area contributed by atoms with E-state index in [0.29, 0.717) is 27.3 Å². The van der Waals surface area contributed by atoms with Crippen molar-refractivity contribution < 1.29 is 23.9 Å². The normalized spacial score (nSPS) is 11.4. The van der Waals surface area contributed by atoms with E-state index in [0.717, 1.165) is 4.70 Å². The summed E-state index contributed by atoms with van der Waals surface area (Å²) in [4.78, 5) is 40.8. The minimum atomic E-state index is -0.458. The van der Waals surface area contributed by atoms with Gasteiger partial charge in [0.2, 0.25) is 5.91 Å². The third-order valence-corrected chi connectivity index (χ3v) is 5.15. The number of thiazole rings is 1. The molecule has 0 radical (unpaired) electrons. The largest absolute Gasteiger partial charge is 0.497 e. The van der Waals surface area contributed by atoms with Crippen LogP contribution in [0, 0.1) is 0 Å². The first-order valence-corrected chi connectivity index (χ1v) is 10.0. The minimum Gasteiger partial charge on any atom is -0.497 e. The average molecular weight is 427 g/mol. The van der Waals surface area contributed by atoms with Crippen LogP contribution in [-0.4, -0.2) is 36.1 Å². The van der Waals surface area contributed by atoms with Gasteiger partial charge < -0.3 is 19.4 Å². The van der Waals surface area contributed by atoms with E-state index in [-0.39, 0.29) is 19.1 Å². The molecule has 0 fully saturated rings. The molecule has 1 N–H and O–H groups in total. The second-order valence-corrected chi connectivity index (χ2v) is 7.30. The predicted octanol–water partition coefficient (Wildman–Crippen LogP) is 2.97. The number of nitrogens with zero attached hydrogens (tertiary/aromatic N) is 2. The highest BCUT2D eigenvalue weighted by atomic mass is 32.1. The number of benzene rings is 2. The number of rotatable bonds is 6. The van der Waals surface area contributed by atoms with E-state index in [2.05, 4.69) is 10.3 Å². The third-order valence-electron chi connectivity index (χ3n) is 4.11. The Morgan fingerprint density at radius 3 is 2.67 bits per heavy atom. The van der Waals surface area contributed by atoms with Crippen LogP contribution in [0.4, 0.5) is 5.69 Å². The molecule has 0 spiro atoms. The Balaban J connectivity index is 2.09. The maximum atomic E-state index is 12.7. The molecule has 0 saturated heterocycles. The zero-order valence-electron chi connectivity index (χ0n) is 16.8. The quantitative estimate of drug-likeness (QED) is 0.610. The Hall–Kier alpha value is -3.46. The van der Waals surface area contributed by atoms with Crippen LogP contribution in [0.3, 0.4) is 0 Å². The molecule has 1 heterocycles. The van der Waals surface area contributed by atoms with Gasteiger partial charge in [0.15, 0.2) is 4.80 Å². The van der Waals surface area contributed by atoms with Crippen LogP contribution in [0.25, 0.3) is 10.2 Å². The first-order chi connectivity index (χ1) is 14.4. The fraction of sp³-hybridized carbons (Fsp3) is 0.238. The van der Waals surface area contributed by atoms with E-state index in [1.54, 1.807) is 54.0 Å². The van der Waals surface area contributed by atoms with Crippen LogP contribution in [-0.2, 0) is 20.9 Å². The average Bonchev–Trinajstić information content (AvgIpc) is 3.03. The van der Waals surface area contributed by atoms with E-state index in [1.807, 2.05) is 0 Å². The van der Waals surface area contributed by atoms with Gasteiger partial charge in [-0.3, -0.25) is 14.4 Å². The lowest BCUT2D eigenvalue weighted by Crippen LogP contribution is -2.23. The van der Waals surface area contributed by atoms with E-state index in [4.69, 9.17) is 9.47 Å². The van der Waals surface area contributed by atoms with Gasteiger partial charge in [-0.05, 0) is 43.3 Å². The summed E-state index contributed by atoms with van der Waals surface area (Å²) >= 11 is 1.24. The summed E-state index contributed by atoms with van der Waals surface area (Å²) in [5.41, 5.74) is 1.69. The number of amides is 2. The Morgan fingerprint density at radius 1 is 1.17 bits per heavy atom. The van der Waals surface area contributed by atoms with E-state index in [1.165, 1.54) is 25.4 Å². The molecule has 3 aromatic rings. The molecule has 8 nitrogen and oxygen atoms in total. The van der Waals surface area contributed by atoms with Gasteiger partial charge in [-0.15, -0.1) is 0 Å². The molecule has 0 saturated carbocycles. The van der Waals surface area contributed by atoms with Crippen LogP contribution in [0.2, 0.25) is 0 Å². The Morgan fingerprint density at radius 2 is 1.97 bits per heavy atom. The summed E-state index contributed by atoms with van der Waals surface area (Å²) < 4.78 is 12.6.